The lowest BCUT2D eigenvalue weighted by Gasteiger charge is -2.34. The smallest absolute Gasteiger partial charge is 0.243 e. The molecule has 1 aromatic carbocycles. The number of carbonyl (C=O) groups is 1. The number of carbonyl (C=O) groups excluding carboxylic acids is 1. The predicted octanol–water partition coefficient (Wildman–Crippen LogP) is 3.78. The van der Waals surface area contributed by atoms with Gasteiger partial charge in [0.1, 0.15) is 0 Å². The van der Waals surface area contributed by atoms with Crippen LogP contribution in [0.1, 0.15) is 32.1 Å². The lowest BCUT2D eigenvalue weighted by Crippen LogP contribution is -2.50. The van der Waals surface area contributed by atoms with Crippen molar-refractivity contribution in [2.45, 2.75) is 42.2 Å². The monoisotopic (exact) mass is 465 g/mol. The predicted molar refractivity (Wildman–Crippen MR) is 124 cm³/mol. The fraction of sp³-hybridized carbons (Fsp3) is 0.524. The van der Waals surface area contributed by atoms with Gasteiger partial charge in [-0.25, -0.2) is 8.42 Å². The molecule has 0 spiro atoms. The van der Waals surface area contributed by atoms with E-state index in [2.05, 4.69) is 4.98 Å². The van der Waals surface area contributed by atoms with Gasteiger partial charge in [-0.3, -0.25) is 9.78 Å². The summed E-state index contributed by atoms with van der Waals surface area (Å²) >= 11 is 0. The van der Waals surface area contributed by atoms with Crippen molar-refractivity contribution < 1.29 is 13.2 Å². The quantitative estimate of drug-likeness (QED) is 0.458. The highest BCUT2D eigenvalue weighted by Gasteiger charge is 2.31. The summed E-state index contributed by atoms with van der Waals surface area (Å²) in [7, 11) is 0.336. The van der Waals surface area contributed by atoms with Gasteiger partial charge in [-0.1, -0.05) is 40.1 Å². The Kier molecular flexibility index (Phi) is 7.23. The number of hydrogen-bond donors (Lipinski definition) is 0. The van der Waals surface area contributed by atoms with Crippen LogP contribution in [0, 0.1) is 0 Å². The molecule has 0 bridgehead atoms. The molecule has 2 aliphatic rings. The maximum Gasteiger partial charge on any atom is 0.243 e. The Morgan fingerprint density at radius 1 is 1.13 bits per heavy atom. The second-order valence-corrected chi connectivity index (χ2v) is 12.4. The van der Waals surface area contributed by atoms with Crippen molar-refractivity contribution in [2.24, 2.45) is 0 Å². The second-order valence-electron chi connectivity index (χ2n) is 7.71. The van der Waals surface area contributed by atoms with Crippen molar-refractivity contribution in [3.05, 3.63) is 36.7 Å². The standard InChI is InChI=1S/C21H27N3O3S3/c25-21(7-2-1-5-18-9-15-28-29-18)23-11-13-24(14-12-23)30(26,27)20-6-3-4-17-16-22-10-8-19(17)20/h3-4,6,8,10,16,18H,1-2,5,7,9,11-15H2. The van der Waals surface area contributed by atoms with Crippen molar-refractivity contribution >= 4 is 48.3 Å². The van der Waals surface area contributed by atoms with Gasteiger partial charge in [0.05, 0.1) is 4.90 Å². The Labute approximate surface area is 186 Å². The number of pyridine rings is 1. The number of nitrogens with zero attached hydrogens (tertiary/aromatic N) is 3. The van der Waals surface area contributed by atoms with E-state index in [1.54, 1.807) is 30.6 Å². The van der Waals surface area contributed by atoms with Gasteiger partial charge >= 0.3 is 0 Å². The molecule has 2 aliphatic heterocycles. The van der Waals surface area contributed by atoms with E-state index in [0.717, 1.165) is 23.5 Å². The number of benzene rings is 1. The summed E-state index contributed by atoms with van der Waals surface area (Å²) < 4.78 is 27.9. The van der Waals surface area contributed by atoms with Crippen molar-refractivity contribution in [1.82, 2.24) is 14.2 Å². The first-order valence-corrected chi connectivity index (χ1v) is 14.3. The third kappa shape index (κ3) is 4.95. The number of aromatic nitrogens is 1. The molecule has 0 saturated carbocycles. The molecule has 2 aromatic rings. The third-order valence-corrected chi connectivity index (χ3v) is 10.7. The van der Waals surface area contributed by atoms with Gasteiger partial charge in [0.2, 0.25) is 15.9 Å². The van der Waals surface area contributed by atoms with Crippen LogP contribution in [0.15, 0.2) is 41.6 Å². The number of unbranched alkanes of at least 4 members (excludes halogenated alkanes) is 1. The number of fused-ring (bicyclic) bond motifs is 1. The molecule has 6 nitrogen and oxygen atoms in total. The summed E-state index contributed by atoms with van der Waals surface area (Å²) in [5, 5.41) is 2.25. The highest BCUT2D eigenvalue weighted by Crippen LogP contribution is 2.39. The van der Waals surface area contributed by atoms with Crippen LogP contribution < -0.4 is 0 Å². The molecule has 2 saturated heterocycles. The molecule has 0 N–H and O–H groups in total. The van der Waals surface area contributed by atoms with Gasteiger partial charge in [-0.15, -0.1) is 0 Å². The number of rotatable bonds is 7. The zero-order valence-corrected chi connectivity index (χ0v) is 19.4. The lowest BCUT2D eigenvalue weighted by molar-refractivity contribution is -0.132. The largest absolute Gasteiger partial charge is 0.340 e. The molecular weight excluding hydrogens is 438 g/mol. The van der Waals surface area contributed by atoms with Crippen LogP contribution in [0.25, 0.3) is 10.8 Å². The summed E-state index contributed by atoms with van der Waals surface area (Å²) in [5.74, 6) is 1.40. The molecule has 30 heavy (non-hydrogen) atoms. The first kappa shape index (κ1) is 21.9. The van der Waals surface area contributed by atoms with Crippen molar-refractivity contribution in [1.29, 1.82) is 0 Å². The topological polar surface area (TPSA) is 70.6 Å². The van der Waals surface area contributed by atoms with Crippen molar-refractivity contribution in [2.75, 3.05) is 31.9 Å². The van der Waals surface area contributed by atoms with E-state index < -0.39 is 10.0 Å². The highest BCUT2D eigenvalue weighted by atomic mass is 33.1. The molecule has 1 amide bonds. The van der Waals surface area contributed by atoms with Gasteiger partial charge in [0.25, 0.3) is 0 Å². The molecular formula is C21H27N3O3S3. The number of sulfonamides is 1. The van der Waals surface area contributed by atoms with Crippen LogP contribution in [0.5, 0.6) is 0 Å². The molecule has 9 heteroatoms. The summed E-state index contributed by atoms with van der Waals surface area (Å²) in [5.41, 5.74) is 0. The van der Waals surface area contributed by atoms with E-state index >= 15 is 0 Å². The van der Waals surface area contributed by atoms with Crippen LogP contribution in [0.4, 0.5) is 0 Å². The Morgan fingerprint density at radius 3 is 2.73 bits per heavy atom. The average molecular weight is 466 g/mol. The first-order valence-electron chi connectivity index (χ1n) is 10.4. The van der Waals surface area contributed by atoms with Crippen molar-refractivity contribution in [3.8, 4) is 0 Å². The Hall–Kier alpha value is -1.29. The van der Waals surface area contributed by atoms with Gasteiger partial charge < -0.3 is 4.90 Å². The zero-order valence-electron chi connectivity index (χ0n) is 16.9. The van der Waals surface area contributed by atoms with Crippen LogP contribution >= 0.6 is 21.6 Å². The Morgan fingerprint density at radius 2 is 1.97 bits per heavy atom. The molecule has 0 radical (unpaired) electrons. The van der Waals surface area contributed by atoms with Crippen LogP contribution in [-0.2, 0) is 14.8 Å². The lowest BCUT2D eigenvalue weighted by atomic mass is 10.1. The molecule has 1 aromatic heterocycles. The van der Waals surface area contributed by atoms with E-state index in [9.17, 15) is 13.2 Å². The van der Waals surface area contributed by atoms with Gasteiger partial charge in [-0.2, -0.15) is 4.31 Å². The molecule has 2 fully saturated rings. The van der Waals surface area contributed by atoms with Crippen molar-refractivity contribution in [3.63, 3.8) is 0 Å². The third-order valence-electron chi connectivity index (χ3n) is 5.74. The normalized spacial score (nSPS) is 20.7. The average Bonchev–Trinajstić information content (AvgIpc) is 3.30. The molecule has 3 heterocycles. The molecule has 1 unspecified atom stereocenters. The summed E-state index contributed by atoms with van der Waals surface area (Å²) in [6.45, 7) is 1.59. The zero-order chi connectivity index (χ0) is 21.0. The van der Waals surface area contributed by atoms with E-state index in [0.29, 0.717) is 42.9 Å². The minimum Gasteiger partial charge on any atom is -0.340 e. The first-order chi connectivity index (χ1) is 14.6. The Balaban J connectivity index is 1.30. The summed E-state index contributed by atoms with van der Waals surface area (Å²) in [6, 6.07) is 7.00. The highest BCUT2D eigenvalue weighted by molar-refractivity contribution is 8.77. The number of piperazine rings is 1. The maximum atomic E-state index is 13.2. The second kappa shape index (κ2) is 9.89. The SMILES string of the molecule is O=C(CCCCC1CCSS1)N1CCN(S(=O)(=O)c2cccc3cnccc23)CC1. The molecule has 162 valence electrons. The van der Waals surface area contributed by atoms with E-state index in [-0.39, 0.29) is 5.91 Å². The van der Waals surface area contributed by atoms with Gasteiger partial charge in [-0.05, 0) is 31.4 Å². The summed E-state index contributed by atoms with van der Waals surface area (Å²) in [4.78, 5) is 18.7. The van der Waals surface area contributed by atoms with E-state index in [1.807, 2.05) is 32.6 Å². The van der Waals surface area contributed by atoms with Gasteiger partial charge in [0.15, 0.2) is 0 Å². The number of hydrogen-bond acceptors (Lipinski definition) is 6. The molecule has 4 rings (SSSR count). The van der Waals surface area contributed by atoms with Crippen LogP contribution in [-0.4, -0.2) is 65.7 Å². The molecule has 0 aliphatic carbocycles. The summed E-state index contributed by atoms with van der Waals surface area (Å²) in [6.07, 6.45) is 8.34. The maximum absolute atomic E-state index is 13.2. The van der Waals surface area contributed by atoms with Crippen LogP contribution in [0.2, 0.25) is 0 Å². The molecule has 1 atom stereocenters. The fourth-order valence-corrected chi connectivity index (χ4v) is 8.67. The minimum atomic E-state index is -3.60. The van der Waals surface area contributed by atoms with E-state index in [4.69, 9.17) is 0 Å². The van der Waals surface area contributed by atoms with E-state index in [1.165, 1.54) is 22.9 Å². The van der Waals surface area contributed by atoms with Gasteiger partial charge in [0, 0.05) is 66.8 Å². The van der Waals surface area contributed by atoms with Crippen LogP contribution in [0.3, 0.4) is 0 Å². The fourth-order valence-electron chi connectivity index (χ4n) is 4.01. The Bertz CT molecular complexity index is 980. The minimum absolute atomic E-state index is 0.150. The number of amides is 1.